The minimum atomic E-state index is 0.677. The third-order valence-corrected chi connectivity index (χ3v) is 5.21. The van der Waals surface area contributed by atoms with Gasteiger partial charge in [0.15, 0.2) is 0 Å². The first kappa shape index (κ1) is 15.6. The minimum Gasteiger partial charge on any atom is -0.372 e. The SMILES string of the molecule is Cc1cc(N2CCCC2)ccc1C=Nc1ccc(Br)c(Cl)c1. The zero-order valence-corrected chi connectivity index (χ0v) is 14.9. The summed E-state index contributed by atoms with van der Waals surface area (Å²) in [6.07, 6.45) is 4.50. The van der Waals surface area contributed by atoms with Crippen LogP contribution in [0.2, 0.25) is 5.02 Å². The van der Waals surface area contributed by atoms with Crippen molar-refractivity contribution in [1.29, 1.82) is 0 Å². The molecule has 114 valence electrons. The van der Waals surface area contributed by atoms with Crippen molar-refractivity contribution in [2.75, 3.05) is 18.0 Å². The van der Waals surface area contributed by atoms with Crippen molar-refractivity contribution in [3.05, 3.63) is 57.0 Å². The summed E-state index contributed by atoms with van der Waals surface area (Å²) in [6.45, 7) is 4.48. The largest absolute Gasteiger partial charge is 0.372 e. The molecular weight excluding hydrogens is 360 g/mol. The van der Waals surface area contributed by atoms with E-state index in [1.54, 1.807) is 0 Å². The average molecular weight is 378 g/mol. The summed E-state index contributed by atoms with van der Waals surface area (Å²) in [5.74, 6) is 0. The molecule has 0 atom stereocenters. The van der Waals surface area contributed by atoms with E-state index in [2.05, 4.69) is 50.9 Å². The predicted octanol–water partition coefficient (Wildman–Crippen LogP) is 5.76. The molecule has 4 heteroatoms. The van der Waals surface area contributed by atoms with E-state index in [-0.39, 0.29) is 0 Å². The molecule has 22 heavy (non-hydrogen) atoms. The molecule has 2 aromatic carbocycles. The maximum atomic E-state index is 6.09. The highest BCUT2D eigenvalue weighted by Gasteiger charge is 2.12. The Balaban J connectivity index is 1.79. The Kier molecular flexibility index (Phi) is 4.84. The monoisotopic (exact) mass is 376 g/mol. The fourth-order valence-electron chi connectivity index (χ4n) is 2.69. The molecular formula is C18H18BrClN2. The van der Waals surface area contributed by atoms with Crippen LogP contribution in [0.15, 0.2) is 45.9 Å². The second-order valence-corrected chi connectivity index (χ2v) is 6.85. The lowest BCUT2D eigenvalue weighted by Gasteiger charge is -2.18. The van der Waals surface area contributed by atoms with E-state index in [4.69, 9.17) is 11.6 Å². The van der Waals surface area contributed by atoms with Gasteiger partial charge < -0.3 is 4.90 Å². The highest BCUT2D eigenvalue weighted by atomic mass is 79.9. The molecule has 0 saturated carbocycles. The normalized spacial score (nSPS) is 15.0. The van der Waals surface area contributed by atoms with Gasteiger partial charge in [0.05, 0.1) is 10.7 Å². The molecule has 2 nitrogen and oxygen atoms in total. The summed E-state index contributed by atoms with van der Waals surface area (Å²) in [4.78, 5) is 6.97. The fourth-order valence-corrected chi connectivity index (χ4v) is 3.11. The lowest BCUT2D eigenvalue weighted by atomic mass is 10.1. The zero-order chi connectivity index (χ0) is 15.5. The molecule has 3 rings (SSSR count). The van der Waals surface area contributed by atoms with Gasteiger partial charge >= 0.3 is 0 Å². The molecule has 1 heterocycles. The third-order valence-electron chi connectivity index (χ3n) is 3.98. The predicted molar refractivity (Wildman–Crippen MR) is 99.0 cm³/mol. The van der Waals surface area contributed by atoms with Gasteiger partial charge in [0.2, 0.25) is 0 Å². The molecule has 0 radical (unpaired) electrons. The maximum Gasteiger partial charge on any atom is 0.0645 e. The molecule has 0 aromatic heterocycles. The maximum absolute atomic E-state index is 6.09. The van der Waals surface area contributed by atoms with Crippen molar-refractivity contribution >= 4 is 45.1 Å². The number of rotatable bonds is 3. The van der Waals surface area contributed by atoms with Crippen LogP contribution in [0.25, 0.3) is 0 Å². The van der Waals surface area contributed by atoms with Crippen LogP contribution in [0.5, 0.6) is 0 Å². The lowest BCUT2D eigenvalue weighted by molar-refractivity contribution is 0.949. The number of hydrogen-bond acceptors (Lipinski definition) is 2. The second-order valence-electron chi connectivity index (χ2n) is 5.59. The molecule has 0 spiro atoms. The number of aliphatic imine (C=N–C) groups is 1. The Morgan fingerprint density at radius 3 is 2.59 bits per heavy atom. The number of nitrogens with zero attached hydrogens (tertiary/aromatic N) is 2. The first-order chi connectivity index (χ1) is 10.6. The zero-order valence-electron chi connectivity index (χ0n) is 12.5. The lowest BCUT2D eigenvalue weighted by Crippen LogP contribution is -2.17. The standard InChI is InChI=1S/C18H18BrClN2/c1-13-10-16(22-8-2-3-9-22)6-4-14(13)12-21-15-5-7-17(19)18(20)11-15/h4-7,10-12H,2-3,8-9H2,1H3. The molecule has 0 bridgehead atoms. The molecule has 0 N–H and O–H groups in total. The van der Waals surface area contributed by atoms with Crippen molar-refractivity contribution in [1.82, 2.24) is 0 Å². The number of benzene rings is 2. The van der Waals surface area contributed by atoms with Crippen LogP contribution >= 0.6 is 27.5 Å². The van der Waals surface area contributed by atoms with Gasteiger partial charge in [0.25, 0.3) is 0 Å². The highest BCUT2D eigenvalue weighted by molar-refractivity contribution is 9.10. The molecule has 0 amide bonds. The van der Waals surface area contributed by atoms with Gasteiger partial charge in [0, 0.05) is 29.5 Å². The smallest absolute Gasteiger partial charge is 0.0645 e. The topological polar surface area (TPSA) is 15.6 Å². The van der Waals surface area contributed by atoms with Crippen LogP contribution < -0.4 is 4.90 Å². The average Bonchev–Trinajstić information content (AvgIpc) is 3.04. The third kappa shape index (κ3) is 3.53. The number of hydrogen-bond donors (Lipinski definition) is 0. The molecule has 1 aliphatic heterocycles. The number of aryl methyl sites for hydroxylation is 1. The second kappa shape index (κ2) is 6.84. The Morgan fingerprint density at radius 1 is 1.14 bits per heavy atom. The van der Waals surface area contributed by atoms with Crippen LogP contribution in [-0.4, -0.2) is 19.3 Å². The van der Waals surface area contributed by atoms with E-state index in [0.29, 0.717) is 5.02 Å². The molecule has 2 aromatic rings. The van der Waals surface area contributed by atoms with Gasteiger partial charge in [-0.05, 0) is 77.2 Å². The molecule has 1 aliphatic rings. The van der Waals surface area contributed by atoms with Crippen LogP contribution in [-0.2, 0) is 0 Å². The van der Waals surface area contributed by atoms with Gasteiger partial charge in [-0.25, -0.2) is 0 Å². The molecule has 1 fully saturated rings. The molecule has 0 unspecified atom stereocenters. The van der Waals surface area contributed by atoms with Crippen LogP contribution in [0.1, 0.15) is 24.0 Å². The van der Waals surface area contributed by atoms with Gasteiger partial charge in [-0.3, -0.25) is 4.99 Å². The Bertz CT molecular complexity index is 706. The Labute approximate surface area is 144 Å². The van der Waals surface area contributed by atoms with Crippen molar-refractivity contribution < 1.29 is 0 Å². The molecule has 1 saturated heterocycles. The molecule has 0 aliphatic carbocycles. The van der Waals surface area contributed by atoms with Crippen molar-refractivity contribution in [3.63, 3.8) is 0 Å². The van der Waals surface area contributed by atoms with E-state index >= 15 is 0 Å². The number of halogens is 2. The highest BCUT2D eigenvalue weighted by Crippen LogP contribution is 2.27. The van der Waals surface area contributed by atoms with Gasteiger partial charge in [-0.1, -0.05) is 17.7 Å². The Hall–Kier alpha value is -1.32. The summed E-state index contributed by atoms with van der Waals surface area (Å²) < 4.78 is 0.888. The fraction of sp³-hybridized carbons (Fsp3) is 0.278. The first-order valence-electron chi connectivity index (χ1n) is 7.48. The Morgan fingerprint density at radius 2 is 1.91 bits per heavy atom. The van der Waals surface area contributed by atoms with E-state index in [1.807, 2.05) is 24.4 Å². The quantitative estimate of drug-likeness (QED) is 0.621. The van der Waals surface area contributed by atoms with Gasteiger partial charge in [-0.2, -0.15) is 0 Å². The summed E-state index contributed by atoms with van der Waals surface area (Å²) in [5, 5.41) is 0.677. The van der Waals surface area contributed by atoms with Crippen LogP contribution in [0.3, 0.4) is 0 Å². The minimum absolute atomic E-state index is 0.677. The summed E-state index contributed by atoms with van der Waals surface area (Å²) >= 11 is 9.48. The van der Waals surface area contributed by atoms with Crippen molar-refractivity contribution in [2.24, 2.45) is 4.99 Å². The van der Waals surface area contributed by atoms with E-state index < -0.39 is 0 Å². The van der Waals surface area contributed by atoms with Crippen molar-refractivity contribution in [2.45, 2.75) is 19.8 Å². The van der Waals surface area contributed by atoms with Crippen molar-refractivity contribution in [3.8, 4) is 0 Å². The summed E-state index contributed by atoms with van der Waals surface area (Å²) in [7, 11) is 0. The van der Waals surface area contributed by atoms with Crippen LogP contribution in [0.4, 0.5) is 11.4 Å². The number of anilines is 1. The van der Waals surface area contributed by atoms with Crippen LogP contribution in [0, 0.1) is 6.92 Å². The summed E-state index contributed by atoms with van der Waals surface area (Å²) in [6, 6.07) is 12.3. The van der Waals surface area contributed by atoms with Gasteiger partial charge in [-0.15, -0.1) is 0 Å². The van der Waals surface area contributed by atoms with E-state index in [0.717, 1.165) is 15.7 Å². The van der Waals surface area contributed by atoms with E-state index in [9.17, 15) is 0 Å². The van der Waals surface area contributed by atoms with E-state index in [1.165, 1.54) is 37.2 Å². The van der Waals surface area contributed by atoms with Gasteiger partial charge in [0.1, 0.15) is 0 Å². The first-order valence-corrected chi connectivity index (χ1v) is 8.65. The summed E-state index contributed by atoms with van der Waals surface area (Å²) in [5.41, 5.74) is 4.56.